The second kappa shape index (κ2) is 12.6. The molecule has 1 aromatic heterocycles. The Morgan fingerprint density at radius 2 is 1.83 bits per heavy atom. The van der Waals surface area contributed by atoms with E-state index in [0.717, 1.165) is 21.5 Å². The number of nitrogens with one attached hydrogen (secondary N) is 1. The van der Waals surface area contributed by atoms with Crippen molar-refractivity contribution in [3.05, 3.63) is 64.9 Å². The largest absolute Gasteiger partial charge is 0.491 e. The molecule has 2 atom stereocenters. The topological polar surface area (TPSA) is 94.3 Å². The number of aliphatic hydroxyl groups excluding tert-OH is 1. The summed E-state index contributed by atoms with van der Waals surface area (Å²) in [5.41, 5.74) is 2.00. The van der Waals surface area contributed by atoms with Gasteiger partial charge in [0.1, 0.15) is 18.7 Å². The Kier molecular flexibility index (Phi) is 10.2. The van der Waals surface area contributed by atoms with Gasteiger partial charge in [0.2, 0.25) is 0 Å². The van der Waals surface area contributed by atoms with Crippen LogP contribution in [0.4, 0.5) is 0 Å². The van der Waals surface area contributed by atoms with Gasteiger partial charge in [0, 0.05) is 17.1 Å². The van der Waals surface area contributed by atoms with Gasteiger partial charge in [-0.15, -0.1) is 17.5 Å². The Morgan fingerprint density at radius 1 is 1.10 bits per heavy atom. The Hall–Kier alpha value is -2.04. The van der Waals surface area contributed by atoms with Crippen molar-refractivity contribution in [3.8, 4) is 11.4 Å². The van der Waals surface area contributed by atoms with Crippen LogP contribution in [0.2, 0.25) is 0 Å². The third-order valence-electron chi connectivity index (χ3n) is 4.29. The number of rotatable bonds is 11. The zero-order valence-electron chi connectivity index (χ0n) is 16.5. The number of halogens is 2. The molecule has 3 aromatic rings. The summed E-state index contributed by atoms with van der Waals surface area (Å²) in [6, 6.07) is 15.6. The Morgan fingerprint density at radius 3 is 2.50 bits per heavy atom. The van der Waals surface area contributed by atoms with Crippen molar-refractivity contribution in [3.63, 3.8) is 0 Å². The van der Waals surface area contributed by atoms with Gasteiger partial charge in [-0.3, -0.25) is 0 Å². The molecule has 2 unspecified atom stereocenters. The van der Waals surface area contributed by atoms with E-state index in [1.807, 2.05) is 55.5 Å². The van der Waals surface area contributed by atoms with Crippen LogP contribution in [-0.4, -0.2) is 57.8 Å². The number of hydrogen-bond acceptors (Lipinski definition) is 7. The fourth-order valence-corrected chi connectivity index (χ4v) is 2.92. The third kappa shape index (κ3) is 7.66. The number of hydrogen-bond donors (Lipinski definition) is 2. The monoisotopic (exact) mass is 497 g/mol. The molecular formula is C20H25BrClN5O3. The highest BCUT2D eigenvalue weighted by Gasteiger charge is 2.10. The average molecular weight is 499 g/mol. The van der Waals surface area contributed by atoms with Crippen LogP contribution in [-0.2, 0) is 4.74 Å². The number of aromatic nitrogens is 4. The highest BCUT2D eigenvalue weighted by Crippen LogP contribution is 2.16. The Bertz CT molecular complexity index is 850. The second-order valence-corrected chi connectivity index (χ2v) is 7.42. The zero-order chi connectivity index (χ0) is 20.5. The van der Waals surface area contributed by atoms with Crippen LogP contribution in [0.5, 0.6) is 5.75 Å². The van der Waals surface area contributed by atoms with E-state index in [1.165, 1.54) is 0 Å². The molecule has 2 aromatic carbocycles. The van der Waals surface area contributed by atoms with Crippen molar-refractivity contribution in [2.75, 3.05) is 26.4 Å². The van der Waals surface area contributed by atoms with E-state index < -0.39 is 6.10 Å². The molecular weight excluding hydrogens is 474 g/mol. The van der Waals surface area contributed by atoms with Gasteiger partial charge in [0.05, 0.1) is 25.0 Å². The zero-order valence-corrected chi connectivity index (χ0v) is 18.9. The first kappa shape index (κ1) is 24.2. The van der Waals surface area contributed by atoms with Crippen molar-refractivity contribution in [2.24, 2.45) is 0 Å². The lowest BCUT2D eigenvalue weighted by molar-refractivity contribution is 0.0242. The van der Waals surface area contributed by atoms with Crippen molar-refractivity contribution in [2.45, 2.75) is 19.1 Å². The summed E-state index contributed by atoms with van der Waals surface area (Å²) in [5.74, 6) is 0.791. The first-order valence-electron chi connectivity index (χ1n) is 9.32. The molecule has 0 spiro atoms. The number of tetrazole rings is 1. The molecule has 0 fully saturated rings. The van der Waals surface area contributed by atoms with E-state index in [2.05, 4.69) is 36.8 Å². The number of nitrogens with zero attached hydrogens (tertiary/aromatic N) is 4. The fraction of sp³-hybridized carbons (Fsp3) is 0.350. The maximum absolute atomic E-state index is 10.1. The standard InChI is InChI=1S/C20H24BrN5O3.ClH/c1-15(16-2-6-18(7-3-16)26-14-23-24-25-26)22-12-19(27)13-28-10-11-29-20-8-4-17(21)5-9-20;/h2-9,14-15,19,22,27H,10-13H2,1H3;1H. The number of ether oxygens (including phenoxy) is 2. The minimum Gasteiger partial charge on any atom is -0.491 e. The van der Waals surface area contributed by atoms with Gasteiger partial charge in [-0.2, -0.15) is 0 Å². The van der Waals surface area contributed by atoms with Crippen molar-refractivity contribution >= 4 is 28.3 Å². The van der Waals surface area contributed by atoms with Gasteiger partial charge < -0.3 is 19.9 Å². The summed E-state index contributed by atoms with van der Waals surface area (Å²) in [6.45, 7) is 3.59. The lowest BCUT2D eigenvalue weighted by atomic mass is 10.1. The van der Waals surface area contributed by atoms with Gasteiger partial charge in [0.15, 0.2) is 0 Å². The SMILES string of the molecule is CC(NCC(O)COCCOc1ccc(Br)cc1)c1ccc(-n2cnnn2)cc1.Cl. The average Bonchev–Trinajstić information content (AvgIpc) is 3.28. The highest BCUT2D eigenvalue weighted by atomic mass is 79.9. The summed E-state index contributed by atoms with van der Waals surface area (Å²) < 4.78 is 13.7. The van der Waals surface area contributed by atoms with E-state index in [4.69, 9.17) is 9.47 Å². The fourth-order valence-electron chi connectivity index (χ4n) is 2.65. The Balaban J connectivity index is 0.00000320. The molecule has 2 N–H and O–H groups in total. The molecule has 0 aliphatic carbocycles. The Labute approximate surface area is 190 Å². The molecule has 3 rings (SSSR count). The van der Waals surface area contributed by atoms with E-state index >= 15 is 0 Å². The van der Waals surface area contributed by atoms with Crippen LogP contribution in [0, 0.1) is 0 Å². The van der Waals surface area contributed by atoms with Gasteiger partial charge in [0.25, 0.3) is 0 Å². The molecule has 0 aliphatic rings. The molecule has 0 amide bonds. The molecule has 0 saturated carbocycles. The van der Waals surface area contributed by atoms with Crippen molar-refractivity contribution < 1.29 is 14.6 Å². The van der Waals surface area contributed by atoms with Gasteiger partial charge in [-0.05, 0) is 59.3 Å². The van der Waals surface area contributed by atoms with Crippen molar-refractivity contribution in [1.82, 2.24) is 25.5 Å². The maximum atomic E-state index is 10.1. The maximum Gasteiger partial charge on any atom is 0.143 e. The molecule has 1 heterocycles. The van der Waals surface area contributed by atoms with E-state index in [-0.39, 0.29) is 25.1 Å². The van der Waals surface area contributed by atoms with Crippen LogP contribution in [0.3, 0.4) is 0 Å². The number of benzene rings is 2. The third-order valence-corrected chi connectivity index (χ3v) is 4.82. The van der Waals surface area contributed by atoms with Crippen LogP contribution in [0.25, 0.3) is 5.69 Å². The van der Waals surface area contributed by atoms with Gasteiger partial charge in [-0.1, -0.05) is 28.1 Å². The molecule has 8 nitrogen and oxygen atoms in total. The lowest BCUT2D eigenvalue weighted by Gasteiger charge is -2.18. The molecule has 162 valence electrons. The normalized spacial score (nSPS) is 12.8. The van der Waals surface area contributed by atoms with Crippen LogP contribution in [0.15, 0.2) is 59.3 Å². The van der Waals surface area contributed by atoms with E-state index in [0.29, 0.717) is 19.8 Å². The quantitative estimate of drug-likeness (QED) is 0.393. The summed E-state index contributed by atoms with van der Waals surface area (Å²) in [4.78, 5) is 0. The molecule has 0 saturated heterocycles. The molecule has 0 aliphatic heterocycles. The van der Waals surface area contributed by atoms with E-state index in [9.17, 15) is 5.11 Å². The summed E-state index contributed by atoms with van der Waals surface area (Å²) in [7, 11) is 0. The molecule has 0 bridgehead atoms. The minimum atomic E-state index is -0.592. The summed E-state index contributed by atoms with van der Waals surface area (Å²) in [5, 5.41) is 24.5. The first-order valence-corrected chi connectivity index (χ1v) is 10.1. The highest BCUT2D eigenvalue weighted by molar-refractivity contribution is 9.10. The predicted molar refractivity (Wildman–Crippen MR) is 119 cm³/mol. The smallest absolute Gasteiger partial charge is 0.143 e. The molecule has 10 heteroatoms. The van der Waals surface area contributed by atoms with Crippen molar-refractivity contribution in [1.29, 1.82) is 0 Å². The van der Waals surface area contributed by atoms with Crippen LogP contribution in [0.1, 0.15) is 18.5 Å². The van der Waals surface area contributed by atoms with E-state index in [1.54, 1.807) is 11.0 Å². The molecule has 0 radical (unpaired) electrons. The first-order chi connectivity index (χ1) is 14.1. The van der Waals surface area contributed by atoms with Gasteiger partial charge >= 0.3 is 0 Å². The molecule has 30 heavy (non-hydrogen) atoms. The van der Waals surface area contributed by atoms with Crippen LogP contribution >= 0.6 is 28.3 Å². The number of aliphatic hydroxyl groups is 1. The lowest BCUT2D eigenvalue weighted by Crippen LogP contribution is -2.32. The second-order valence-electron chi connectivity index (χ2n) is 6.51. The summed E-state index contributed by atoms with van der Waals surface area (Å²) >= 11 is 3.38. The van der Waals surface area contributed by atoms with Gasteiger partial charge in [-0.25, -0.2) is 4.68 Å². The minimum absolute atomic E-state index is 0. The predicted octanol–water partition coefficient (Wildman–Crippen LogP) is 2.95. The summed E-state index contributed by atoms with van der Waals surface area (Å²) in [6.07, 6.45) is 0.961. The van der Waals surface area contributed by atoms with Crippen LogP contribution < -0.4 is 10.1 Å².